The Morgan fingerprint density at radius 3 is 2.35 bits per heavy atom. The molecule has 0 bridgehead atoms. The van der Waals surface area contributed by atoms with Crippen LogP contribution in [0.25, 0.3) is 0 Å². The minimum Gasteiger partial charge on any atom is -0.355 e. The maximum Gasteiger partial charge on any atom is 0.330 e. The van der Waals surface area contributed by atoms with Gasteiger partial charge in [-0.1, -0.05) is 51.8 Å². The van der Waals surface area contributed by atoms with E-state index in [-0.39, 0.29) is 11.9 Å². The molecule has 0 saturated carbocycles. The van der Waals surface area contributed by atoms with Crippen molar-refractivity contribution in [3.8, 4) is 0 Å². The van der Waals surface area contributed by atoms with Crippen LogP contribution < -0.4 is 5.32 Å². The molecule has 3 rings (SSSR count). The molecule has 0 amide bonds. The first-order chi connectivity index (χ1) is 16.3. The van der Waals surface area contributed by atoms with Crippen molar-refractivity contribution >= 4 is 52.3 Å². The molecular weight excluding hydrogens is 537 g/mol. The van der Waals surface area contributed by atoms with E-state index >= 15 is 0 Å². The van der Waals surface area contributed by atoms with Gasteiger partial charge in [-0.15, -0.1) is 0 Å². The SMILES string of the molecule is CCOP(=O)(CCc1cc(Br)ccc1Nc1ccc(C(=O)c2ccccc2C)c(Cl)c1)OCC. The number of ketones is 1. The topological polar surface area (TPSA) is 64.6 Å². The monoisotopic (exact) mass is 563 g/mol. The minimum atomic E-state index is -3.16. The van der Waals surface area contributed by atoms with Crippen LogP contribution in [0, 0.1) is 6.92 Å². The van der Waals surface area contributed by atoms with Gasteiger partial charge in [-0.05, 0) is 74.7 Å². The second kappa shape index (κ2) is 12.1. The first-order valence-corrected chi connectivity index (χ1v) is 14.0. The Balaban J connectivity index is 1.82. The summed E-state index contributed by atoms with van der Waals surface area (Å²) in [6, 6.07) is 18.6. The van der Waals surface area contributed by atoms with Gasteiger partial charge < -0.3 is 14.4 Å². The van der Waals surface area contributed by atoms with Gasteiger partial charge in [0.1, 0.15) is 0 Å². The number of benzene rings is 3. The van der Waals surface area contributed by atoms with Crippen LogP contribution in [0.15, 0.2) is 65.1 Å². The predicted molar refractivity (Wildman–Crippen MR) is 143 cm³/mol. The van der Waals surface area contributed by atoms with Gasteiger partial charge in [0.05, 0.1) is 24.4 Å². The van der Waals surface area contributed by atoms with Crippen LogP contribution in [0.3, 0.4) is 0 Å². The van der Waals surface area contributed by atoms with Gasteiger partial charge in [-0.3, -0.25) is 9.36 Å². The molecule has 8 heteroatoms. The molecule has 0 aliphatic rings. The number of carbonyl (C=O) groups is 1. The fourth-order valence-corrected chi connectivity index (χ4v) is 5.92. The Kier molecular flexibility index (Phi) is 9.52. The highest BCUT2D eigenvalue weighted by Crippen LogP contribution is 2.48. The van der Waals surface area contributed by atoms with E-state index in [1.807, 2.05) is 49.4 Å². The molecule has 34 heavy (non-hydrogen) atoms. The quantitative estimate of drug-likeness (QED) is 0.188. The fraction of sp³-hybridized carbons (Fsp3) is 0.269. The van der Waals surface area contributed by atoms with Crippen molar-refractivity contribution < 1.29 is 18.4 Å². The summed E-state index contributed by atoms with van der Waals surface area (Å²) < 4.78 is 24.7. The molecule has 0 saturated heterocycles. The van der Waals surface area contributed by atoms with Gasteiger partial charge in [0.25, 0.3) is 0 Å². The van der Waals surface area contributed by atoms with E-state index in [1.165, 1.54) is 0 Å². The summed E-state index contributed by atoms with van der Waals surface area (Å²) in [7, 11) is -3.16. The number of hydrogen-bond acceptors (Lipinski definition) is 5. The molecule has 0 atom stereocenters. The lowest BCUT2D eigenvalue weighted by atomic mass is 9.99. The van der Waals surface area contributed by atoms with Crippen LogP contribution in [-0.4, -0.2) is 25.2 Å². The summed E-state index contributed by atoms with van der Waals surface area (Å²) in [4.78, 5) is 13.0. The first-order valence-electron chi connectivity index (χ1n) is 11.1. The maximum atomic E-state index is 13.0. The van der Waals surface area contributed by atoms with E-state index < -0.39 is 7.60 Å². The maximum absolute atomic E-state index is 13.0. The molecular formula is C26H28BrClNO4P. The number of halogens is 2. The first kappa shape index (κ1) is 26.7. The fourth-order valence-electron chi connectivity index (χ4n) is 3.61. The van der Waals surface area contributed by atoms with Crippen molar-refractivity contribution in [2.24, 2.45) is 0 Å². The molecule has 0 aromatic heterocycles. The number of nitrogens with one attached hydrogen (secondary N) is 1. The Hall–Kier alpha value is -1.95. The number of hydrogen-bond donors (Lipinski definition) is 1. The lowest BCUT2D eigenvalue weighted by Crippen LogP contribution is -2.06. The van der Waals surface area contributed by atoms with Crippen LogP contribution >= 0.6 is 35.1 Å². The average Bonchev–Trinajstić information content (AvgIpc) is 2.80. The summed E-state index contributed by atoms with van der Waals surface area (Å²) >= 11 is 10.0. The third kappa shape index (κ3) is 6.80. The van der Waals surface area contributed by atoms with Crippen molar-refractivity contribution in [2.75, 3.05) is 24.7 Å². The van der Waals surface area contributed by atoms with Crippen molar-refractivity contribution in [1.29, 1.82) is 0 Å². The van der Waals surface area contributed by atoms with E-state index in [0.29, 0.717) is 35.8 Å². The molecule has 0 heterocycles. The molecule has 5 nitrogen and oxygen atoms in total. The van der Waals surface area contributed by atoms with E-state index in [2.05, 4.69) is 21.2 Å². The molecule has 0 aliphatic heterocycles. The summed E-state index contributed by atoms with van der Waals surface area (Å²) in [5.74, 6) is -0.110. The molecule has 3 aromatic carbocycles. The average molecular weight is 565 g/mol. The largest absolute Gasteiger partial charge is 0.355 e. The number of aryl methyl sites for hydroxylation is 2. The van der Waals surface area contributed by atoms with Crippen LogP contribution in [0.2, 0.25) is 5.02 Å². The Morgan fingerprint density at radius 2 is 1.71 bits per heavy atom. The minimum absolute atomic E-state index is 0.110. The summed E-state index contributed by atoms with van der Waals surface area (Å²) in [6.45, 7) is 6.16. The van der Waals surface area contributed by atoms with Crippen LogP contribution in [0.5, 0.6) is 0 Å². The second-order valence-corrected chi connectivity index (χ2v) is 11.2. The van der Waals surface area contributed by atoms with Crippen LogP contribution in [-0.2, 0) is 20.0 Å². The van der Waals surface area contributed by atoms with Gasteiger partial charge in [0.15, 0.2) is 5.78 Å². The molecule has 3 aromatic rings. The molecule has 0 spiro atoms. The molecule has 0 fully saturated rings. The smallest absolute Gasteiger partial charge is 0.330 e. The Labute approximate surface area is 214 Å². The highest BCUT2D eigenvalue weighted by molar-refractivity contribution is 9.10. The second-order valence-electron chi connectivity index (χ2n) is 7.69. The van der Waals surface area contributed by atoms with E-state index in [9.17, 15) is 9.36 Å². The predicted octanol–water partition coefficient (Wildman–Crippen LogP) is 8.19. The van der Waals surface area contributed by atoms with Gasteiger partial charge in [0.2, 0.25) is 0 Å². The van der Waals surface area contributed by atoms with E-state index in [0.717, 1.165) is 27.0 Å². The van der Waals surface area contributed by atoms with Crippen molar-refractivity contribution in [3.63, 3.8) is 0 Å². The summed E-state index contributed by atoms with van der Waals surface area (Å²) in [5.41, 5.74) is 4.52. The molecule has 180 valence electrons. The standard InChI is InChI=1S/C26H28BrClNO4P/c1-4-32-34(31,33-5-2)15-14-19-16-20(27)10-13-25(19)29-21-11-12-23(24(28)17-21)26(30)22-9-7-6-8-18(22)3/h6-13,16-17,29H,4-5,14-15H2,1-3H3. The van der Waals surface area contributed by atoms with Crippen molar-refractivity contribution in [2.45, 2.75) is 27.2 Å². The zero-order chi connectivity index (χ0) is 24.7. The number of carbonyl (C=O) groups excluding carboxylic acids is 1. The molecule has 0 aliphatic carbocycles. The lowest BCUT2D eigenvalue weighted by molar-refractivity contribution is 0.103. The summed E-state index contributed by atoms with van der Waals surface area (Å²) in [5, 5.41) is 3.74. The van der Waals surface area contributed by atoms with Gasteiger partial charge in [-0.25, -0.2) is 0 Å². The van der Waals surface area contributed by atoms with Gasteiger partial charge >= 0.3 is 7.60 Å². The van der Waals surface area contributed by atoms with Crippen LogP contribution in [0.1, 0.15) is 40.9 Å². The highest BCUT2D eigenvalue weighted by Gasteiger charge is 2.24. The van der Waals surface area contributed by atoms with Gasteiger partial charge in [0, 0.05) is 27.0 Å². The Bertz CT molecular complexity index is 1210. The zero-order valence-electron chi connectivity index (χ0n) is 19.4. The zero-order valence-corrected chi connectivity index (χ0v) is 22.7. The lowest BCUT2D eigenvalue weighted by Gasteiger charge is -2.18. The van der Waals surface area contributed by atoms with Crippen molar-refractivity contribution in [1.82, 2.24) is 0 Å². The highest BCUT2D eigenvalue weighted by atomic mass is 79.9. The third-order valence-electron chi connectivity index (χ3n) is 5.26. The van der Waals surface area contributed by atoms with Crippen molar-refractivity contribution in [3.05, 3.63) is 92.4 Å². The molecule has 1 N–H and O–H groups in total. The number of anilines is 2. The third-order valence-corrected chi connectivity index (χ3v) is 8.14. The van der Waals surface area contributed by atoms with Crippen LogP contribution in [0.4, 0.5) is 11.4 Å². The van der Waals surface area contributed by atoms with E-state index in [1.54, 1.807) is 32.0 Å². The normalized spacial score (nSPS) is 11.4. The Morgan fingerprint density at radius 1 is 1.00 bits per heavy atom. The van der Waals surface area contributed by atoms with E-state index in [4.69, 9.17) is 20.6 Å². The molecule has 0 radical (unpaired) electrons. The van der Waals surface area contributed by atoms with Gasteiger partial charge in [-0.2, -0.15) is 0 Å². The number of rotatable bonds is 11. The molecule has 0 unspecified atom stereocenters. The summed E-state index contributed by atoms with van der Waals surface area (Å²) in [6.07, 6.45) is 0.765.